The number of nitrogens with one attached hydrogen (secondary N) is 2. The third-order valence-corrected chi connectivity index (χ3v) is 3.71. The Hall–Kier alpha value is -1.08. The molecule has 0 bridgehead atoms. The second-order valence-corrected chi connectivity index (χ2v) is 5.56. The van der Waals surface area contributed by atoms with Crippen molar-refractivity contribution in [3.63, 3.8) is 0 Å². The fourth-order valence-corrected chi connectivity index (χ4v) is 2.17. The molecule has 0 saturated carbocycles. The summed E-state index contributed by atoms with van der Waals surface area (Å²) < 4.78 is 0. The van der Waals surface area contributed by atoms with Gasteiger partial charge in [0.1, 0.15) is 0 Å². The molecule has 0 aromatic rings. The Morgan fingerprint density at radius 1 is 1.47 bits per heavy atom. The first-order valence-electron chi connectivity index (χ1n) is 6.36. The first kappa shape index (κ1) is 14.0. The largest absolute Gasteiger partial charge is 0.354 e. The molecule has 1 amide bonds. The van der Waals surface area contributed by atoms with Gasteiger partial charge in [-0.15, -0.1) is 0 Å². The van der Waals surface area contributed by atoms with Crippen molar-refractivity contribution in [3.8, 4) is 6.07 Å². The van der Waals surface area contributed by atoms with Crippen LogP contribution in [-0.2, 0) is 4.79 Å². The molecule has 2 N–H and O–H groups in total. The molecule has 0 aliphatic carbocycles. The molecule has 1 fully saturated rings. The molecule has 0 unspecified atom stereocenters. The number of nitrogens with zero attached hydrogens (tertiary/aromatic N) is 1. The molecule has 0 radical (unpaired) electrons. The van der Waals surface area contributed by atoms with E-state index in [4.69, 9.17) is 5.26 Å². The van der Waals surface area contributed by atoms with E-state index in [2.05, 4.69) is 23.6 Å². The van der Waals surface area contributed by atoms with Crippen LogP contribution in [0.3, 0.4) is 0 Å². The fourth-order valence-electron chi connectivity index (χ4n) is 2.17. The number of hydrogen-bond donors (Lipinski definition) is 2. The zero-order chi connectivity index (χ0) is 12.9. The second-order valence-electron chi connectivity index (χ2n) is 5.56. The summed E-state index contributed by atoms with van der Waals surface area (Å²) in [5.41, 5.74) is -0.714. The first-order chi connectivity index (χ1) is 7.96. The maximum atomic E-state index is 12.3. The molecule has 1 aliphatic rings. The van der Waals surface area contributed by atoms with Crippen molar-refractivity contribution in [2.75, 3.05) is 19.6 Å². The van der Waals surface area contributed by atoms with Gasteiger partial charge in [0.05, 0.1) is 16.9 Å². The van der Waals surface area contributed by atoms with Gasteiger partial charge in [-0.05, 0) is 46.2 Å². The maximum Gasteiger partial charge on any atom is 0.226 e. The van der Waals surface area contributed by atoms with Crippen LogP contribution < -0.4 is 10.6 Å². The van der Waals surface area contributed by atoms with Crippen LogP contribution in [0.5, 0.6) is 0 Å². The van der Waals surface area contributed by atoms with Crippen LogP contribution in [0, 0.1) is 22.2 Å². The smallest absolute Gasteiger partial charge is 0.226 e. The summed E-state index contributed by atoms with van der Waals surface area (Å²) in [5.74, 6) is 0.116. The molecule has 1 heterocycles. The molecular weight excluding hydrogens is 214 g/mol. The van der Waals surface area contributed by atoms with Gasteiger partial charge in [0.15, 0.2) is 0 Å². The highest BCUT2D eigenvalue weighted by Crippen LogP contribution is 2.32. The van der Waals surface area contributed by atoms with Gasteiger partial charge in [-0.3, -0.25) is 4.79 Å². The summed E-state index contributed by atoms with van der Waals surface area (Å²) in [6.07, 6.45) is 2.65. The van der Waals surface area contributed by atoms with Crippen molar-refractivity contribution >= 4 is 5.91 Å². The van der Waals surface area contributed by atoms with Crippen molar-refractivity contribution in [1.82, 2.24) is 10.6 Å². The molecule has 0 atom stereocenters. The number of carbonyl (C=O) groups is 1. The fraction of sp³-hybridized carbons (Fsp3) is 0.846. The Kier molecular flexibility index (Phi) is 4.53. The maximum absolute atomic E-state index is 12.3. The van der Waals surface area contributed by atoms with Crippen molar-refractivity contribution in [2.24, 2.45) is 10.8 Å². The topological polar surface area (TPSA) is 64.9 Å². The lowest BCUT2D eigenvalue weighted by atomic mass is 9.75. The third kappa shape index (κ3) is 3.44. The minimum atomic E-state index is -0.489. The van der Waals surface area contributed by atoms with Gasteiger partial charge in [0.2, 0.25) is 5.91 Å². The van der Waals surface area contributed by atoms with E-state index in [1.165, 1.54) is 0 Å². The Labute approximate surface area is 104 Å². The molecular formula is C13H23N3O. The van der Waals surface area contributed by atoms with Crippen LogP contribution in [0.25, 0.3) is 0 Å². The van der Waals surface area contributed by atoms with Gasteiger partial charge >= 0.3 is 0 Å². The zero-order valence-electron chi connectivity index (χ0n) is 11.1. The molecule has 4 heteroatoms. The average molecular weight is 237 g/mol. The Morgan fingerprint density at radius 2 is 2.06 bits per heavy atom. The summed E-state index contributed by atoms with van der Waals surface area (Å²) in [7, 11) is 0. The first-order valence-corrected chi connectivity index (χ1v) is 6.36. The Morgan fingerprint density at radius 3 is 2.53 bits per heavy atom. The summed E-state index contributed by atoms with van der Waals surface area (Å²) in [5, 5.41) is 15.2. The van der Waals surface area contributed by atoms with Gasteiger partial charge in [0, 0.05) is 6.54 Å². The van der Waals surface area contributed by atoms with Gasteiger partial charge in [0.25, 0.3) is 0 Å². The van der Waals surface area contributed by atoms with Crippen molar-refractivity contribution < 1.29 is 4.79 Å². The van der Waals surface area contributed by atoms with Crippen LogP contribution in [0.4, 0.5) is 0 Å². The van der Waals surface area contributed by atoms with E-state index in [0.29, 0.717) is 6.54 Å². The number of carbonyl (C=O) groups excluding carboxylic acids is 1. The van der Waals surface area contributed by atoms with Gasteiger partial charge in [-0.25, -0.2) is 0 Å². The lowest BCUT2D eigenvalue weighted by Gasteiger charge is -2.36. The van der Waals surface area contributed by atoms with E-state index in [1.807, 2.05) is 13.8 Å². The van der Waals surface area contributed by atoms with Crippen molar-refractivity contribution in [2.45, 2.75) is 40.0 Å². The molecule has 0 spiro atoms. The molecule has 1 rings (SSSR count). The average Bonchev–Trinajstić information content (AvgIpc) is 2.37. The summed E-state index contributed by atoms with van der Waals surface area (Å²) in [4.78, 5) is 12.3. The standard InChI is InChI=1S/C13H23N3O/c1-4-13(5-7-15-8-6-13)11(17)16-10-12(2,3)9-14/h15H,4-8,10H2,1-3H3,(H,16,17). The summed E-state index contributed by atoms with van der Waals surface area (Å²) in [6, 6.07) is 2.20. The van der Waals surface area contributed by atoms with Gasteiger partial charge in [-0.1, -0.05) is 6.92 Å². The van der Waals surface area contributed by atoms with E-state index in [-0.39, 0.29) is 11.3 Å². The number of nitriles is 1. The normalized spacial score (nSPS) is 19.4. The summed E-state index contributed by atoms with van der Waals surface area (Å²) in [6.45, 7) is 7.99. The van der Waals surface area contributed by atoms with Crippen LogP contribution >= 0.6 is 0 Å². The highest BCUT2D eigenvalue weighted by molar-refractivity contribution is 5.82. The monoisotopic (exact) mass is 237 g/mol. The van der Waals surface area contributed by atoms with Crippen LogP contribution in [-0.4, -0.2) is 25.5 Å². The number of amides is 1. The van der Waals surface area contributed by atoms with E-state index in [0.717, 1.165) is 32.4 Å². The van der Waals surface area contributed by atoms with Crippen molar-refractivity contribution in [1.29, 1.82) is 5.26 Å². The molecule has 96 valence electrons. The lowest BCUT2D eigenvalue weighted by molar-refractivity contribution is -0.133. The van der Waals surface area contributed by atoms with E-state index in [1.54, 1.807) is 0 Å². The predicted molar refractivity (Wildman–Crippen MR) is 67.2 cm³/mol. The molecule has 1 aliphatic heterocycles. The Bertz CT molecular complexity index is 311. The molecule has 4 nitrogen and oxygen atoms in total. The van der Waals surface area contributed by atoms with Crippen molar-refractivity contribution in [3.05, 3.63) is 0 Å². The highest BCUT2D eigenvalue weighted by atomic mass is 16.2. The van der Waals surface area contributed by atoms with Crippen LogP contribution in [0.1, 0.15) is 40.0 Å². The predicted octanol–water partition coefficient (Wildman–Crippen LogP) is 1.43. The minimum Gasteiger partial charge on any atom is -0.354 e. The second kappa shape index (κ2) is 5.50. The van der Waals surface area contributed by atoms with Crippen LogP contribution in [0.15, 0.2) is 0 Å². The lowest BCUT2D eigenvalue weighted by Crippen LogP contribution is -2.49. The molecule has 0 aromatic carbocycles. The van der Waals surface area contributed by atoms with E-state index >= 15 is 0 Å². The third-order valence-electron chi connectivity index (χ3n) is 3.71. The summed E-state index contributed by atoms with van der Waals surface area (Å²) >= 11 is 0. The number of hydrogen-bond acceptors (Lipinski definition) is 3. The molecule has 17 heavy (non-hydrogen) atoms. The molecule has 0 aromatic heterocycles. The quantitative estimate of drug-likeness (QED) is 0.777. The number of rotatable bonds is 4. The highest BCUT2D eigenvalue weighted by Gasteiger charge is 2.38. The molecule has 1 saturated heterocycles. The SMILES string of the molecule is CCC1(C(=O)NCC(C)(C)C#N)CCNCC1. The van der Waals surface area contributed by atoms with Crippen LogP contribution in [0.2, 0.25) is 0 Å². The Balaban J connectivity index is 2.59. The minimum absolute atomic E-state index is 0.116. The van der Waals surface area contributed by atoms with Gasteiger partial charge < -0.3 is 10.6 Å². The van der Waals surface area contributed by atoms with Gasteiger partial charge in [-0.2, -0.15) is 5.26 Å². The zero-order valence-corrected chi connectivity index (χ0v) is 11.1. The number of piperidine rings is 1. The van der Waals surface area contributed by atoms with E-state index < -0.39 is 5.41 Å². The van der Waals surface area contributed by atoms with E-state index in [9.17, 15) is 4.79 Å².